The summed E-state index contributed by atoms with van der Waals surface area (Å²) in [6.45, 7) is 8.39. The first-order valence-electron chi connectivity index (χ1n) is 7.09. The van der Waals surface area contributed by atoms with Gasteiger partial charge in [0.15, 0.2) is 0 Å². The summed E-state index contributed by atoms with van der Waals surface area (Å²) in [4.78, 5) is 4.95. The normalized spacial score (nSPS) is 19.3. The number of piperazine rings is 1. The van der Waals surface area contributed by atoms with E-state index in [0.717, 1.165) is 38.5 Å². The molecule has 2 N–H and O–H groups in total. The molecule has 1 aliphatic heterocycles. The standard InChI is InChI=1S/C15H25N3O/c1-3-17-8-10-18(11-9-17)14(12-16)13-6-4-5-7-15(13)19-2/h4-7,14H,3,8-12,16H2,1-2H3/t14-/m1/s1. The first-order valence-corrected chi connectivity index (χ1v) is 7.09. The van der Waals surface area contributed by atoms with Crippen LogP contribution in [0.4, 0.5) is 0 Å². The Bertz CT molecular complexity index is 389. The van der Waals surface area contributed by atoms with Crippen molar-refractivity contribution in [3.05, 3.63) is 29.8 Å². The number of nitrogens with zero attached hydrogens (tertiary/aromatic N) is 2. The van der Waals surface area contributed by atoms with Crippen molar-refractivity contribution in [2.75, 3.05) is 46.4 Å². The van der Waals surface area contributed by atoms with Crippen LogP contribution in [-0.4, -0.2) is 56.2 Å². The molecule has 0 saturated carbocycles. The minimum absolute atomic E-state index is 0.259. The van der Waals surface area contributed by atoms with Gasteiger partial charge in [-0.05, 0) is 12.6 Å². The quantitative estimate of drug-likeness (QED) is 0.870. The topological polar surface area (TPSA) is 41.7 Å². The van der Waals surface area contributed by atoms with Crippen LogP contribution in [0.15, 0.2) is 24.3 Å². The van der Waals surface area contributed by atoms with E-state index in [1.165, 1.54) is 5.56 Å². The molecule has 1 aromatic carbocycles. The molecule has 1 aliphatic rings. The lowest BCUT2D eigenvalue weighted by Crippen LogP contribution is -2.48. The van der Waals surface area contributed by atoms with Crippen molar-refractivity contribution in [3.63, 3.8) is 0 Å². The van der Waals surface area contributed by atoms with Gasteiger partial charge in [-0.2, -0.15) is 0 Å². The average Bonchev–Trinajstić information content (AvgIpc) is 2.49. The molecule has 0 unspecified atom stereocenters. The van der Waals surface area contributed by atoms with Gasteiger partial charge in [-0.3, -0.25) is 4.90 Å². The molecule has 0 aliphatic carbocycles. The molecule has 1 heterocycles. The van der Waals surface area contributed by atoms with Gasteiger partial charge >= 0.3 is 0 Å². The monoisotopic (exact) mass is 263 g/mol. The van der Waals surface area contributed by atoms with Crippen molar-refractivity contribution >= 4 is 0 Å². The summed E-state index contributed by atoms with van der Waals surface area (Å²) in [6, 6.07) is 8.46. The molecule has 2 rings (SSSR count). The maximum Gasteiger partial charge on any atom is 0.123 e. The largest absolute Gasteiger partial charge is 0.496 e. The van der Waals surface area contributed by atoms with Gasteiger partial charge in [0.1, 0.15) is 5.75 Å². The van der Waals surface area contributed by atoms with E-state index in [-0.39, 0.29) is 6.04 Å². The number of para-hydroxylation sites is 1. The third-order valence-electron chi connectivity index (χ3n) is 4.02. The molecule has 0 bridgehead atoms. The molecule has 19 heavy (non-hydrogen) atoms. The first-order chi connectivity index (χ1) is 9.30. The number of hydrogen-bond acceptors (Lipinski definition) is 4. The van der Waals surface area contributed by atoms with Crippen LogP contribution in [0.2, 0.25) is 0 Å². The van der Waals surface area contributed by atoms with Crippen LogP contribution in [0.5, 0.6) is 5.75 Å². The lowest BCUT2D eigenvalue weighted by Gasteiger charge is -2.39. The third-order valence-corrected chi connectivity index (χ3v) is 4.02. The Morgan fingerprint density at radius 1 is 1.21 bits per heavy atom. The fraction of sp³-hybridized carbons (Fsp3) is 0.600. The lowest BCUT2D eigenvalue weighted by molar-refractivity contribution is 0.101. The molecular formula is C15H25N3O. The van der Waals surface area contributed by atoms with E-state index in [1.807, 2.05) is 12.1 Å². The summed E-state index contributed by atoms with van der Waals surface area (Å²) >= 11 is 0. The number of rotatable bonds is 5. The van der Waals surface area contributed by atoms with E-state index < -0.39 is 0 Å². The predicted octanol–water partition coefficient (Wildman–Crippen LogP) is 1.33. The first kappa shape index (κ1) is 14.3. The Hall–Kier alpha value is -1.10. The van der Waals surface area contributed by atoms with Crippen molar-refractivity contribution in [2.45, 2.75) is 13.0 Å². The van der Waals surface area contributed by atoms with E-state index in [2.05, 4.69) is 28.9 Å². The second-order valence-corrected chi connectivity index (χ2v) is 4.96. The van der Waals surface area contributed by atoms with Crippen LogP contribution in [0, 0.1) is 0 Å². The molecule has 4 heteroatoms. The molecule has 1 atom stereocenters. The summed E-state index contributed by atoms with van der Waals surface area (Å²) in [6.07, 6.45) is 0. The van der Waals surface area contributed by atoms with Gasteiger partial charge < -0.3 is 15.4 Å². The Morgan fingerprint density at radius 2 is 1.89 bits per heavy atom. The highest BCUT2D eigenvalue weighted by molar-refractivity contribution is 5.36. The summed E-state index contributed by atoms with van der Waals surface area (Å²) in [7, 11) is 1.72. The highest BCUT2D eigenvalue weighted by atomic mass is 16.5. The molecule has 1 saturated heterocycles. The zero-order valence-electron chi connectivity index (χ0n) is 12.0. The minimum Gasteiger partial charge on any atom is -0.496 e. The minimum atomic E-state index is 0.259. The molecule has 0 aromatic heterocycles. The van der Waals surface area contributed by atoms with Gasteiger partial charge in [-0.1, -0.05) is 25.1 Å². The van der Waals surface area contributed by atoms with E-state index in [0.29, 0.717) is 6.54 Å². The van der Waals surface area contributed by atoms with Gasteiger partial charge in [0, 0.05) is 38.3 Å². The SMILES string of the molecule is CCN1CCN([C@H](CN)c2ccccc2OC)CC1. The van der Waals surface area contributed by atoms with E-state index >= 15 is 0 Å². The second kappa shape index (κ2) is 6.89. The van der Waals surface area contributed by atoms with E-state index in [1.54, 1.807) is 7.11 Å². The van der Waals surface area contributed by atoms with Gasteiger partial charge in [-0.25, -0.2) is 0 Å². The van der Waals surface area contributed by atoms with Crippen LogP contribution in [0.3, 0.4) is 0 Å². The Labute approximate surface area is 116 Å². The third kappa shape index (κ3) is 3.26. The number of ether oxygens (including phenoxy) is 1. The number of nitrogens with two attached hydrogens (primary N) is 1. The van der Waals surface area contributed by atoms with E-state index in [9.17, 15) is 0 Å². The maximum atomic E-state index is 6.02. The summed E-state index contributed by atoms with van der Waals surface area (Å²) in [5.41, 5.74) is 7.22. The van der Waals surface area contributed by atoms with Crippen LogP contribution in [-0.2, 0) is 0 Å². The highest BCUT2D eigenvalue weighted by Gasteiger charge is 2.25. The van der Waals surface area contributed by atoms with Crippen LogP contribution in [0.25, 0.3) is 0 Å². The smallest absolute Gasteiger partial charge is 0.123 e. The van der Waals surface area contributed by atoms with Gasteiger partial charge in [-0.15, -0.1) is 0 Å². The number of benzene rings is 1. The van der Waals surface area contributed by atoms with Crippen molar-refractivity contribution in [3.8, 4) is 5.75 Å². The van der Waals surface area contributed by atoms with Crippen molar-refractivity contribution in [1.82, 2.24) is 9.80 Å². The van der Waals surface area contributed by atoms with E-state index in [4.69, 9.17) is 10.5 Å². The number of methoxy groups -OCH3 is 1. The van der Waals surface area contributed by atoms with Crippen LogP contribution in [0.1, 0.15) is 18.5 Å². The van der Waals surface area contributed by atoms with Crippen molar-refractivity contribution < 1.29 is 4.74 Å². The Kier molecular flexibility index (Phi) is 5.19. The lowest BCUT2D eigenvalue weighted by atomic mass is 10.0. The zero-order valence-corrected chi connectivity index (χ0v) is 12.0. The maximum absolute atomic E-state index is 6.02. The summed E-state index contributed by atoms with van der Waals surface area (Å²) in [5.74, 6) is 0.941. The summed E-state index contributed by atoms with van der Waals surface area (Å²) < 4.78 is 5.47. The van der Waals surface area contributed by atoms with Crippen LogP contribution >= 0.6 is 0 Å². The molecular weight excluding hydrogens is 238 g/mol. The van der Waals surface area contributed by atoms with Crippen molar-refractivity contribution in [2.24, 2.45) is 5.73 Å². The van der Waals surface area contributed by atoms with Gasteiger partial charge in [0.25, 0.3) is 0 Å². The van der Waals surface area contributed by atoms with Crippen molar-refractivity contribution in [1.29, 1.82) is 0 Å². The Balaban J connectivity index is 2.12. The fourth-order valence-corrected chi connectivity index (χ4v) is 2.81. The number of likely N-dealkylation sites (N-methyl/N-ethyl adjacent to an activating group) is 1. The molecule has 1 aromatic rings. The molecule has 0 spiro atoms. The highest BCUT2D eigenvalue weighted by Crippen LogP contribution is 2.29. The predicted molar refractivity (Wildman–Crippen MR) is 78.5 cm³/mol. The molecule has 106 valence electrons. The molecule has 4 nitrogen and oxygen atoms in total. The molecule has 0 amide bonds. The fourth-order valence-electron chi connectivity index (χ4n) is 2.81. The molecule has 1 fully saturated rings. The summed E-state index contributed by atoms with van der Waals surface area (Å²) in [5, 5.41) is 0. The van der Waals surface area contributed by atoms with Gasteiger partial charge in [0.2, 0.25) is 0 Å². The zero-order chi connectivity index (χ0) is 13.7. The number of hydrogen-bond donors (Lipinski definition) is 1. The second-order valence-electron chi connectivity index (χ2n) is 4.96. The average molecular weight is 263 g/mol. The van der Waals surface area contributed by atoms with Gasteiger partial charge in [0.05, 0.1) is 13.2 Å². The Morgan fingerprint density at radius 3 is 2.47 bits per heavy atom. The van der Waals surface area contributed by atoms with Crippen LogP contribution < -0.4 is 10.5 Å². The molecule has 0 radical (unpaired) electrons.